The van der Waals surface area contributed by atoms with E-state index in [4.69, 9.17) is 9.47 Å². The summed E-state index contributed by atoms with van der Waals surface area (Å²) in [6.45, 7) is 17.6. The molecule has 140 valence electrons. The molecule has 1 atom stereocenters. The van der Waals surface area contributed by atoms with E-state index in [1.54, 1.807) is 7.11 Å². The van der Waals surface area contributed by atoms with E-state index in [1.807, 2.05) is 0 Å². The van der Waals surface area contributed by atoms with Gasteiger partial charge in [-0.3, -0.25) is 0 Å². The van der Waals surface area contributed by atoms with Gasteiger partial charge in [-0.25, -0.2) is 0 Å². The van der Waals surface area contributed by atoms with Gasteiger partial charge in [-0.15, -0.1) is 0 Å². The molecule has 2 heteroatoms. The van der Waals surface area contributed by atoms with Crippen LogP contribution in [0.15, 0.2) is 12.1 Å². The topological polar surface area (TPSA) is 18.5 Å². The number of hydrogen-bond donors (Lipinski definition) is 0. The molecule has 0 saturated carbocycles. The minimum absolute atomic E-state index is 0.255. The van der Waals surface area contributed by atoms with Gasteiger partial charge >= 0.3 is 0 Å². The molecule has 1 aliphatic heterocycles. The number of methoxy groups -OCH3 is 1. The molecule has 0 spiro atoms. The van der Waals surface area contributed by atoms with Crippen molar-refractivity contribution < 1.29 is 9.47 Å². The predicted octanol–water partition coefficient (Wildman–Crippen LogP) is 6.04. The van der Waals surface area contributed by atoms with E-state index in [-0.39, 0.29) is 5.60 Å². The Kier molecular flexibility index (Phi) is 4.58. The highest BCUT2D eigenvalue weighted by molar-refractivity contribution is 5.55. The van der Waals surface area contributed by atoms with Crippen molar-refractivity contribution >= 4 is 0 Å². The van der Waals surface area contributed by atoms with Crippen LogP contribution in [-0.2, 0) is 6.42 Å². The van der Waals surface area contributed by atoms with E-state index < -0.39 is 0 Å². The Morgan fingerprint density at radius 2 is 1.54 bits per heavy atom. The average molecular weight is 353 g/mol. The molecule has 1 heterocycles. The normalized spacial score (nSPS) is 18.3. The Morgan fingerprint density at radius 3 is 2.15 bits per heavy atom. The number of fused-ring (bicyclic) bond motifs is 1. The van der Waals surface area contributed by atoms with Crippen LogP contribution in [0.25, 0.3) is 0 Å². The first-order chi connectivity index (χ1) is 12.1. The Bertz CT molecular complexity index is 875. The van der Waals surface area contributed by atoms with Gasteiger partial charge in [0.05, 0.1) is 7.11 Å². The Labute approximate surface area is 158 Å². The fraction of sp³-hybridized carbons (Fsp3) is 0.500. The van der Waals surface area contributed by atoms with Gasteiger partial charge in [-0.1, -0.05) is 6.07 Å². The maximum atomic E-state index is 6.65. The van der Waals surface area contributed by atoms with Gasteiger partial charge in [0.1, 0.15) is 17.1 Å². The van der Waals surface area contributed by atoms with E-state index in [2.05, 4.69) is 67.5 Å². The molecular weight excluding hydrogens is 320 g/mol. The zero-order valence-corrected chi connectivity index (χ0v) is 17.8. The van der Waals surface area contributed by atoms with E-state index in [1.165, 1.54) is 44.5 Å². The maximum Gasteiger partial charge on any atom is 0.126 e. The summed E-state index contributed by atoms with van der Waals surface area (Å²) in [6.07, 6.45) is 1.02. The van der Waals surface area contributed by atoms with Crippen molar-refractivity contribution in [1.82, 2.24) is 0 Å². The Balaban J connectivity index is 2.20. The second-order valence-electron chi connectivity index (χ2n) is 8.46. The van der Waals surface area contributed by atoms with Gasteiger partial charge in [0.25, 0.3) is 0 Å². The molecular formula is C24H32O2. The lowest BCUT2D eigenvalue weighted by molar-refractivity contribution is 0.0597. The van der Waals surface area contributed by atoms with Gasteiger partial charge in [-0.05, 0) is 112 Å². The van der Waals surface area contributed by atoms with Crippen molar-refractivity contribution in [3.63, 3.8) is 0 Å². The van der Waals surface area contributed by atoms with Crippen LogP contribution in [0.4, 0.5) is 0 Å². The number of benzene rings is 2. The number of rotatable bonds is 2. The average Bonchev–Trinajstić information content (AvgIpc) is 2.56. The number of ether oxygens (including phenoxy) is 2. The number of aryl methyl sites for hydroxylation is 3. The third kappa shape index (κ3) is 2.80. The fourth-order valence-electron chi connectivity index (χ4n) is 4.54. The van der Waals surface area contributed by atoms with Gasteiger partial charge in [0, 0.05) is 5.92 Å². The Hall–Kier alpha value is -1.96. The lowest BCUT2D eigenvalue weighted by Gasteiger charge is -2.43. The highest BCUT2D eigenvalue weighted by Gasteiger charge is 2.41. The molecule has 2 nitrogen and oxygen atoms in total. The van der Waals surface area contributed by atoms with Crippen LogP contribution in [-0.4, -0.2) is 12.7 Å². The third-order valence-corrected chi connectivity index (χ3v) is 6.40. The summed E-state index contributed by atoms with van der Waals surface area (Å²) < 4.78 is 12.2. The molecule has 1 unspecified atom stereocenters. The highest BCUT2D eigenvalue weighted by atomic mass is 16.5. The summed E-state index contributed by atoms with van der Waals surface area (Å²) in [5.74, 6) is 2.39. The molecule has 2 aromatic rings. The molecule has 0 bridgehead atoms. The van der Waals surface area contributed by atoms with Crippen molar-refractivity contribution in [2.75, 3.05) is 7.11 Å². The zero-order chi connectivity index (χ0) is 19.4. The lowest BCUT2D eigenvalue weighted by Crippen LogP contribution is -2.42. The minimum Gasteiger partial charge on any atom is -0.496 e. The molecule has 3 rings (SSSR count). The summed E-state index contributed by atoms with van der Waals surface area (Å²) in [6, 6.07) is 4.47. The summed E-state index contributed by atoms with van der Waals surface area (Å²) in [5.41, 5.74) is 10.3. The van der Waals surface area contributed by atoms with E-state index in [0.717, 1.165) is 17.9 Å². The van der Waals surface area contributed by atoms with Crippen LogP contribution < -0.4 is 9.47 Å². The fourth-order valence-corrected chi connectivity index (χ4v) is 4.54. The predicted molar refractivity (Wildman–Crippen MR) is 109 cm³/mol. The van der Waals surface area contributed by atoms with Crippen molar-refractivity contribution in [3.8, 4) is 11.5 Å². The van der Waals surface area contributed by atoms with Crippen molar-refractivity contribution in [3.05, 3.63) is 56.6 Å². The summed E-state index contributed by atoms with van der Waals surface area (Å²) in [4.78, 5) is 0. The molecule has 0 aliphatic carbocycles. The monoisotopic (exact) mass is 352 g/mol. The second kappa shape index (κ2) is 6.33. The first-order valence-electron chi connectivity index (χ1n) is 9.51. The van der Waals surface area contributed by atoms with Crippen LogP contribution in [0, 0.1) is 41.5 Å². The summed E-state index contributed by atoms with van der Waals surface area (Å²) >= 11 is 0. The molecule has 0 saturated heterocycles. The molecule has 1 aliphatic rings. The SMILES string of the molecule is COc1cc(C)c(C2Cc3c(C)cc(C)c(C)c3OC2(C)C)c(C)c1C. The molecule has 0 amide bonds. The minimum atomic E-state index is -0.255. The number of hydrogen-bond acceptors (Lipinski definition) is 2. The lowest BCUT2D eigenvalue weighted by atomic mass is 9.73. The van der Waals surface area contributed by atoms with Gasteiger partial charge in [-0.2, -0.15) is 0 Å². The van der Waals surface area contributed by atoms with Gasteiger partial charge in [0.2, 0.25) is 0 Å². The van der Waals surface area contributed by atoms with E-state index >= 15 is 0 Å². The standard InChI is InChI=1S/C24H32O2/c1-13-10-14(2)19-12-20(24(7,8)26-23(19)16(13)4)22-15(3)11-21(25-9)17(5)18(22)6/h10-11,20H,12H2,1-9H3. The summed E-state index contributed by atoms with van der Waals surface area (Å²) in [5, 5.41) is 0. The smallest absolute Gasteiger partial charge is 0.126 e. The third-order valence-electron chi connectivity index (χ3n) is 6.40. The molecule has 2 aromatic carbocycles. The van der Waals surface area contributed by atoms with Crippen LogP contribution >= 0.6 is 0 Å². The van der Waals surface area contributed by atoms with Crippen LogP contribution in [0.5, 0.6) is 11.5 Å². The molecule has 0 aromatic heterocycles. The quantitative estimate of drug-likeness (QED) is 0.655. The van der Waals surface area contributed by atoms with E-state index in [0.29, 0.717) is 5.92 Å². The first kappa shape index (κ1) is 18.8. The second-order valence-corrected chi connectivity index (χ2v) is 8.46. The zero-order valence-electron chi connectivity index (χ0n) is 17.8. The maximum absolute atomic E-state index is 6.65. The van der Waals surface area contributed by atoms with Crippen LogP contribution in [0.2, 0.25) is 0 Å². The van der Waals surface area contributed by atoms with Crippen LogP contribution in [0.3, 0.4) is 0 Å². The highest BCUT2D eigenvalue weighted by Crippen LogP contribution is 2.48. The van der Waals surface area contributed by atoms with Gasteiger partial charge in [0.15, 0.2) is 0 Å². The van der Waals surface area contributed by atoms with Crippen molar-refractivity contribution in [2.45, 2.75) is 73.3 Å². The molecule has 0 radical (unpaired) electrons. The Morgan fingerprint density at radius 1 is 0.885 bits per heavy atom. The first-order valence-corrected chi connectivity index (χ1v) is 9.51. The molecule has 0 fully saturated rings. The van der Waals surface area contributed by atoms with Gasteiger partial charge < -0.3 is 9.47 Å². The largest absolute Gasteiger partial charge is 0.496 e. The van der Waals surface area contributed by atoms with Crippen molar-refractivity contribution in [1.29, 1.82) is 0 Å². The molecule has 0 N–H and O–H groups in total. The molecule has 26 heavy (non-hydrogen) atoms. The van der Waals surface area contributed by atoms with Crippen molar-refractivity contribution in [2.24, 2.45) is 0 Å². The summed E-state index contributed by atoms with van der Waals surface area (Å²) in [7, 11) is 1.75. The van der Waals surface area contributed by atoms with E-state index in [9.17, 15) is 0 Å². The van der Waals surface area contributed by atoms with Crippen LogP contribution in [0.1, 0.15) is 64.3 Å².